The van der Waals surface area contributed by atoms with Gasteiger partial charge >= 0.3 is 0 Å². The van der Waals surface area contributed by atoms with Crippen molar-refractivity contribution in [2.24, 2.45) is 5.92 Å². The molecule has 0 radical (unpaired) electrons. The highest BCUT2D eigenvalue weighted by Gasteiger charge is 2.33. The van der Waals surface area contributed by atoms with Crippen molar-refractivity contribution in [1.82, 2.24) is 29.5 Å². The van der Waals surface area contributed by atoms with Crippen LogP contribution in [0.2, 0.25) is 5.15 Å². The summed E-state index contributed by atoms with van der Waals surface area (Å²) in [6.45, 7) is 2.90. The van der Waals surface area contributed by atoms with Crippen molar-refractivity contribution in [1.29, 1.82) is 0 Å². The van der Waals surface area contributed by atoms with Gasteiger partial charge in [0, 0.05) is 30.6 Å². The molecule has 0 bridgehead atoms. The fourth-order valence-electron chi connectivity index (χ4n) is 3.75. The molecule has 1 fully saturated rings. The second kappa shape index (κ2) is 8.10. The maximum atomic E-state index is 13.4. The number of rotatable bonds is 4. The highest BCUT2D eigenvalue weighted by atomic mass is 35.5. The number of hydrogen-bond acceptors (Lipinski definition) is 6. The van der Waals surface area contributed by atoms with Crippen LogP contribution >= 0.6 is 11.6 Å². The van der Waals surface area contributed by atoms with Crippen LogP contribution < -0.4 is 4.74 Å². The van der Waals surface area contributed by atoms with Gasteiger partial charge in [0.15, 0.2) is 0 Å². The molecule has 0 unspecified atom stereocenters. The van der Waals surface area contributed by atoms with E-state index in [0.29, 0.717) is 30.8 Å². The standard InChI is InChI=1S/C19H19ClF2N6O2/c1-10-3-4-27(18(29)11-5-15(20)26-16(6-11)30-2)8-12(10)14-7-13(17(21)22)25-19-23-9-24-28(14)19/h5-7,9-10,12,17H,3-4,8H2,1-2H3/t10-,12-/m1/s1. The van der Waals surface area contributed by atoms with Crippen LogP contribution in [0.1, 0.15) is 47.4 Å². The van der Waals surface area contributed by atoms with E-state index in [1.165, 1.54) is 36.2 Å². The lowest BCUT2D eigenvalue weighted by molar-refractivity contribution is 0.0665. The topological polar surface area (TPSA) is 85.5 Å². The zero-order chi connectivity index (χ0) is 21.4. The summed E-state index contributed by atoms with van der Waals surface area (Å²) in [5, 5.41) is 4.30. The highest BCUT2D eigenvalue weighted by molar-refractivity contribution is 6.29. The molecular formula is C19H19ClF2N6O2. The van der Waals surface area contributed by atoms with Crippen molar-refractivity contribution in [3.8, 4) is 5.88 Å². The van der Waals surface area contributed by atoms with E-state index in [1.807, 2.05) is 6.92 Å². The van der Waals surface area contributed by atoms with Gasteiger partial charge in [-0.2, -0.15) is 10.1 Å². The Bertz CT molecular complexity index is 1090. The van der Waals surface area contributed by atoms with E-state index in [4.69, 9.17) is 16.3 Å². The molecule has 4 rings (SSSR count). The van der Waals surface area contributed by atoms with Crippen LogP contribution in [0, 0.1) is 5.92 Å². The molecule has 11 heteroatoms. The molecule has 1 aliphatic rings. The SMILES string of the molecule is COc1cc(C(=O)N2CC[C@@H](C)[C@H](c3cc(C(F)F)nc4ncnn34)C2)cc(Cl)n1. The van der Waals surface area contributed by atoms with Gasteiger partial charge < -0.3 is 9.64 Å². The number of aromatic nitrogens is 5. The third-order valence-corrected chi connectivity index (χ3v) is 5.57. The second-order valence-corrected chi connectivity index (χ2v) is 7.61. The van der Waals surface area contributed by atoms with Crippen molar-refractivity contribution in [3.05, 3.63) is 46.6 Å². The third kappa shape index (κ3) is 3.79. The lowest BCUT2D eigenvalue weighted by atomic mass is 9.84. The fourth-order valence-corrected chi connectivity index (χ4v) is 3.95. The number of alkyl halides is 2. The zero-order valence-corrected chi connectivity index (χ0v) is 17.1. The number of methoxy groups -OCH3 is 1. The highest BCUT2D eigenvalue weighted by Crippen LogP contribution is 2.34. The number of hydrogen-bond donors (Lipinski definition) is 0. The number of piperidine rings is 1. The molecule has 2 atom stereocenters. The zero-order valence-electron chi connectivity index (χ0n) is 16.3. The maximum absolute atomic E-state index is 13.4. The molecule has 0 spiro atoms. The van der Waals surface area contributed by atoms with Gasteiger partial charge in [-0.15, -0.1) is 0 Å². The molecule has 0 aromatic carbocycles. The molecule has 3 aromatic rings. The van der Waals surface area contributed by atoms with Crippen LogP contribution in [0.4, 0.5) is 8.78 Å². The lowest BCUT2D eigenvalue weighted by Crippen LogP contribution is -2.42. The molecule has 1 aliphatic heterocycles. The molecule has 1 amide bonds. The molecule has 3 aromatic heterocycles. The average Bonchev–Trinajstić information content (AvgIpc) is 3.21. The third-order valence-electron chi connectivity index (χ3n) is 5.37. The van der Waals surface area contributed by atoms with Gasteiger partial charge in [-0.25, -0.2) is 23.3 Å². The van der Waals surface area contributed by atoms with Gasteiger partial charge in [0.25, 0.3) is 18.1 Å². The van der Waals surface area contributed by atoms with Crippen molar-refractivity contribution in [3.63, 3.8) is 0 Å². The van der Waals surface area contributed by atoms with Crippen molar-refractivity contribution in [2.75, 3.05) is 20.2 Å². The molecule has 158 valence electrons. The predicted octanol–water partition coefficient (Wildman–Crippen LogP) is 3.38. The number of ether oxygens (including phenoxy) is 1. The monoisotopic (exact) mass is 436 g/mol. The second-order valence-electron chi connectivity index (χ2n) is 7.22. The molecule has 1 saturated heterocycles. The first-order valence-electron chi connectivity index (χ1n) is 9.37. The summed E-state index contributed by atoms with van der Waals surface area (Å²) >= 11 is 6.00. The summed E-state index contributed by atoms with van der Waals surface area (Å²) in [7, 11) is 1.44. The van der Waals surface area contributed by atoms with Gasteiger partial charge in [-0.05, 0) is 24.5 Å². The van der Waals surface area contributed by atoms with Crippen LogP contribution in [0.3, 0.4) is 0 Å². The largest absolute Gasteiger partial charge is 0.481 e. The summed E-state index contributed by atoms with van der Waals surface area (Å²) in [5.41, 5.74) is 0.559. The number of pyridine rings is 1. The Kier molecular flexibility index (Phi) is 5.50. The van der Waals surface area contributed by atoms with Crippen LogP contribution in [0.15, 0.2) is 24.5 Å². The Hall–Kier alpha value is -2.88. The maximum Gasteiger partial charge on any atom is 0.280 e. The predicted molar refractivity (Wildman–Crippen MR) is 104 cm³/mol. The summed E-state index contributed by atoms with van der Waals surface area (Å²) in [6.07, 6.45) is -0.744. The molecule has 0 saturated carbocycles. The Morgan fingerprint density at radius 1 is 1.30 bits per heavy atom. The normalized spacial score (nSPS) is 19.5. The minimum atomic E-state index is -2.73. The molecule has 0 aliphatic carbocycles. The number of amides is 1. The van der Waals surface area contributed by atoms with E-state index in [9.17, 15) is 13.6 Å². The van der Waals surface area contributed by atoms with Crippen LogP contribution in [-0.4, -0.2) is 55.6 Å². The number of carbonyl (C=O) groups is 1. The van der Waals surface area contributed by atoms with Crippen molar-refractivity contribution in [2.45, 2.75) is 25.7 Å². The van der Waals surface area contributed by atoms with Gasteiger partial charge in [-0.3, -0.25) is 4.79 Å². The first kappa shape index (κ1) is 20.4. The molecule has 4 heterocycles. The smallest absolute Gasteiger partial charge is 0.280 e. The number of carbonyl (C=O) groups excluding carboxylic acids is 1. The minimum absolute atomic E-state index is 0.115. The molecule has 0 N–H and O–H groups in total. The number of halogens is 3. The van der Waals surface area contributed by atoms with E-state index < -0.39 is 6.43 Å². The van der Waals surface area contributed by atoms with Gasteiger partial charge in [0.2, 0.25) is 5.88 Å². The summed E-state index contributed by atoms with van der Waals surface area (Å²) in [6, 6.07) is 4.36. The Balaban J connectivity index is 1.68. The van der Waals surface area contributed by atoms with Crippen molar-refractivity contribution < 1.29 is 18.3 Å². The van der Waals surface area contributed by atoms with Gasteiger partial charge in [-0.1, -0.05) is 18.5 Å². The van der Waals surface area contributed by atoms with E-state index >= 15 is 0 Å². The number of nitrogens with zero attached hydrogens (tertiary/aromatic N) is 6. The van der Waals surface area contributed by atoms with Gasteiger partial charge in [0.1, 0.15) is 17.2 Å². The van der Waals surface area contributed by atoms with Crippen molar-refractivity contribution >= 4 is 23.3 Å². The number of likely N-dealkylation sites (tertiary alicyclic amines) is 1. The molecule has 30 heavy (non-hydrogen) atoms. The fraction of sp³-hybridized carbons (Fsp3) is 0.421. The number of fused-ring (bicyclic) bond motifs is 1. The quantitative estimate of drug-likeness (QED) is 0.583. The first-order valence-corrected chi connectivity index (χ1v) is 9.74. The summed E-state index contributed by atoms with van der Waals surface area (Å²) < 4.78 is 33.3. The lowest BCUT2D eigenvalue weighted by Gasteiger charge is -2.37. The first-order chi connectivity index (χ1) is 14.4. The Labute approximate surface area is 175 Å². The summed E-state index contributed by atoms with van der Waals surface area (Å²) in [4.78, 5) is 26.6. The average molecular weight is 437 g/mol. The van der Waals surface area contributed by atoms with E-state index in [0.717, 1.165) is 0 Å². The van der Waals surface area contributed by atoms with E-state index in [1.54, 1.807) is 4.90 Å². The van der Waals surface area contributed by atoms with Crippen LogP contribution in [0.25, 0.3) is 5.78 Å². The summed E-state index contributed by atoms with van der Waals surface area (Å²) in [5.74, 6) is 0.0564. The van der Waals surface area contributed by atoms with Crippen LogP contribution in [0.5, 0.6) is 5.88 Å². The Morgan fingerprint density at radius 3 is 2.83 bits per heavy atom. The minimum Gasteiger partial charge on any atom is -0.481 e. The molecule has 8 nitrogen and oxygen atoms in total. The van der Waals surface area contributed by atoms with E-state index in [-0.39, 0.29) is 40.2 Å². The van der Waals surface area contributed by atoms with Crippen LogP contribution in [-0.2, 0) is 0 Å². The Morgan fingerprint density at radius 2 is 2.10 bits per heavy atom. The molecular weight excluding hydrogens is 418 g/mol. The van der Waals surface area contributed by atoms with Gasteiger partial charge in [0.05, 0.1) is 12.8 Å². The van der Waals surface area contributed by atoms with E-state index in [2.05, 4.69) is 20.1 Å².